The lowest BCUT2D eigenvalue weighted by Gasteiger charge is -2.11. The van der Waals surface area contributed by atoms with E-state index in [1.54, 1.807) is 20.2 Å². The Morgan fingerprint density at radius 2 is 2.22 bits per heavy atom. The van der Waals surface area contributed by atoms with Crippen LogP contribution in [-0.4, -0.2) is 42.8 Å². The zero-order valence-electron chi connectivity index (χ0n) is 13.5. The third-order valence-electron chi connectivity index (χ3n) is 3.01. The summed E-state index contributed by atoms with van der Waals surface area (Å²) in [5, 5.41) is 10.2. The van der Waals surface area contributed by atoms with Gasteiger partial charge in [-0.3, -0.25) is 4.99 Å². The molecule has 126 valence electrons. The zero-order chi connectivity index (χ0) is 16.3. The number of nitrogens with zero attached hydrogens (tertiary/aromatic N) is 3. The Bertz CT molecular complexity index is 580. The van der Waals surface area contributed by atoms with Crippen LogP contribution >= 0.6 is 0 Å². The molecule has 0 aliphatic heterocycles. The number of guanidine groups is 1. The van der Waals surface area contributed by atoms with Gasteiger partial charge in [0.2, 0.25) is 5.89 Å². The maximum atomic E-state index is 5.51. The van der Waals surface area contributed by atoms with Crippen LogP contribution in [0.3, 0.4) is 0 Å². The van der Waals surface area contributed by atoms with Gasteiger partial charge in [-0.15, -0.1) is 0 Å². The van der Waals surface area contributed by atoms with E-state index >= 15 is 0 Å². The van der Waals surface area contributed by atoms with Crippen LogP contribution < -0.4 is 10.6 Å². The summed E-state index contributed by atoms with van der Waals surface area (Å²) in [7, 11) is 1.74. The molecule has 2 rings (SSSR count). The lowest BCUT2D eigenvalue weighted by atomic mass is 10.4. The Kier molecular flexibility index (Phi) is 7.12. The highest BCUT2D eigenvalue weighted by atomic mass is 16.5. The van der Waals surface area contributed by atoms with Crippen molar-refractivity contribution in [1.29, 1.82) is 0 Å². The molecule has 2 heterocycles. The van der Waals surface area contributed by atoms with Crippen LogP contribution in [0, 0.1) is 6.92 Å². The molecule has 0 aromatic carbocycles. The Hall–Kier alpha value is -2.35. The molecular formula is C15H23N5O3. The number of rotatable bonds is 9. The first kappa shape index (κ1) is 17.0. The van der Waals surface area contributed by atoms with Crippen molar-refractivity contribution in [1.82, 2.24) is 20.8 Å². The monoisotopic (exact) mass is 321 g/mol. The molecule has 2 aromatic rings. The fraction of sp³-hybridized carbons (Fsp3) is 0.533. The molecule has 0 saturated heterocycles. The summed E-state index contributed by atoms with van der Waals surface area (Å²) in [6.45, 7) is 4.41. The lowest BCUT2D eigenvalue weighted by Crippen LogP contribution is -2.39. The van der Waals surface area contributed by atoms with Crippen LogP contribution in [-0.2, 0) is 17.8 Å². The van der Waals surface area contributed by atoms with Crippen molar-refractivity contribution < 1.29 is 13.7 Å². The lowest BCUT2D eigenvalue weighted by molar-refractivity contribution is 0.105. The molecule has 0 atom stereocenters. The molecule has 23 heavy (non-hydrogen) atoms. The summed E-state index contributed by atoms with van der Waals surface area (Å²) in [4.78, 5) is 8.30. The first-order valence-electron chi connectivity index (χ1n) is 7.62. The second-order valence-electron chi connectivity index (χ2n) is 4.90. The van der Waals surface area contributed by atoms with Crippen molar-refractivity contribution in [2.45, 2.75) is 26.4 Å². The van der Waals surface area contributed by atoms with E-state index in [0.717, 1.165) is 24.7 Å². The van der Waals surface area contributed by atoms with Crippen molar-refractivity contribution in [2.75, 3.05) is 26.7 Å². The zero-order valence-corrected chi connectivity index (χ0v) is 13.5. The minimum Gasteiger partial charge on any atom is -0.467 e. The number of aliphatic imine (C=N–C) groups is 1. The molecular weight excluding hydrogens is 298 g/mol. The second-order valence-corrected chi connectivity index (χ2v) is 4.90. The fourth-order valence-corrected chi connectivity index (χ4v) is 1.90. The molecule has 2 aromatic heterocycles. The van der Waals surface area contributed by atoms with E-state index in [-0.39, 0.29) is 0 Å². The highest BCUT2D eigenvalue weighted by Crippen LogP contribution is 2.01. The standard InChI is InChI=1S/C15H23N5O3/c1-12-19-14(23-20-12)6-8-18-15(16-2)17-7-4-9-21-11-13-5-3-10-22-13/h3,5,10H,4,6-9,11H2,1-2H3,(H2,16,17,18). The molecule has 0 radical (unpaired) electrons. The summed E-state index contributed by atoms with van der Waals surface area (Å²) in [6, 6.07) is 3.75. The number of furan rings is 1. The topological polar surface area (TPSA) is 97.7 Å². The van der Waals surface area contributed by atoms with Crippen LogP contribution in [0.5, 0.6) is 0 Å². The van der Waals surface area contributed by atoms with Crippen LogP contribution in [0.2, 0.25) is 0 Å². The van der Waals surface area contributed by atoms with Crippen molar-refractivity contribution in [2.24, 2.45) is 4.99 Å². The van der Waals surface area contributed by atoms with E-state index in [1.165, 1.54) is 0 Å². The van der Waals surface area contributed by atoms with Gasteiger partial charge in [0.05, 0.1) is 6.26 Å². The highest BCUT2D eigenvalue weighted by Gasteiger charge is 2.03. The van der Waals surface area contributed by atoms with Crippen molar-refractivity contribution in [3.8, 4) is 0 Å². The van der Waals surface area contributed by atoms with Gasteiger partial charge in [0.1, 0.15) is 12.4 Å². The van der Waals surface area contributed by atoms with E-state index in [9.17, 15) is 0 Å². The number of nitrogens with one attached hydrogen (secondary N) is 2. The van der Waals surface area contributed by atoms with Gasteiger partial charge >= 0.3 is 0 Å². The summed E-state index contributed by atoms with van der Waals surface area (Å²) in [5.41, 5.74) is 0. The first-order chi connectivity index (χ1) is 11.3. The molecule has 0 unspecified atom stereocenters. The Balaban J connectivity index is 1.51. The third-order valence-corrected chi connectivity index (χ3v) is 3.01. The first-order valence-corrected chi connectivity index (χ1v) is 7.62. The largest absolute Gasteiger partial charge is 0.467 e. The molecule has 0 aliphatic carbocycles. The predicted molar refractivity (Wildman–Crippen MR) is 85.1 cm³/mol. The average Bonchev–Trinajstić information content (AvgIpc) is 3.20. The fourth-order valence-electron chi connectivity index (χ4n) is 1.90. The van der Waals surface area contributed by atoms with Crippen LogP contribution in [0.4, 0.5) is 0 Å². The predicted octanol–water partition coefficient (Wildman–Crippen LogP) is 1.29. The number of aryl methyl sites for hydroxylation is 1. The number of aromatic nitrogens is 2. The molecule has 0 amide bonds. The van der Waals surface area contributed by atoms with Crippen LogP contribution in [0.1, 0.15) is 23.9 Å². The number of hydrogen-bond acceptors (Lipinski definition) is 6. The summed E-state index contributed by atoms with van der Waals surface area (Å²) < 4.78 is 15.8. The molecule has 2 N–H and O–H groups in total. The van der Waals surface area contributed by atoms with Gasteiger partial charge in [0.25, 0.3) is 0 Å². The summed E-state index contributed by atoms with van der Waals surface area (Å²) in [6.07, 6.45) is 3.18. The molecule has 0 aliphatic rings. The second kappa shape index (κ2) is 9.62. The van der Waals surface area contributed by atoms with E-state index in [4.69, 9.17) is 13.7 Å². The highest BCUT2D eigenvalue weighted by molar-refractivity contribution is 5.79. The van der Waals surface area contributed by atoms with Crippen LogP contribution in [0.25, 0.3) is 0 Å². The SMILES string of the molecule is CN=C(NCCCOCc1ccco1)NCCc1nc(C)no1. The minimum absolute atomic E-state index is 0.504. The normalized spacial score (nSPS) is 11.7. The maximum Gasteiger partial charge on any atom is 0.228 e. The van der Waals surface area contributed by atoms with Gasteiger partial charge in [-0.2, -0.15) is 4.98 Å². The van der Waals surface area contributed by atoms with Gasteiger partial charge < -0.3 is 24.3 Å². The van der Waals surface area contributed by atoms with Gasteiger partial charge in [-0.25, -0.2) is 0 Å². The van der Waals surface area contributed by atoms with Crippen LogP contribution in [0.15, 0.2) is 32.3 Å². The van der Waals surface area contributed by atoms with Crippen molar-refractivity contribution in [3.05, 3.63) is 35.9 Å². The van der Waals surface area contributed by atoms with E-state index < -0.39 is 0 Å². The summed E-state index contributed by atoms with van der Waals surface area (Å²) in [5.74, 6) is 2.85. The quantitative estimate of drug-likeness (QED) is 0.408. The maximum absolute atomic E-state index is 5.51. The smallest absolute Gasteiger partial charge is 0.228 e. The Morgan fingerprint density at radius 3 is 2.91 bits per heavy atom. The van der Waals surface area contributed by atoms with Gasteiger partial charge in [0, 0.05) is 33.2 Å². The van der Waals surface area contributed by atoms with E-state index in [1.807, 2.05) is 12.1 Å². The van der Waals surface area contributed by atoms with Crippen molar-refractivity contribution >= 4 is 5.96 Å². The Morgan fingerprint density at radius 1 is 1.35 bits per heavy atom. The van der Waals surface area contributed by atoms with Gasteiger partial charge in [0.15, 0.2) is 11.8 Å². The minimum atomic E-state index is 0.504. The molecule has 0 saturated carbocycles. The van der Waals surface area contributed by atoms with Gasteiger partial charge in [-0.1, -0.05) is 5.16 Å². The number of hydrogen-bond donors (Lipinski definition) is 2. The molecule has 0 bridgehead atoms. The molecule has 0 fully saturated rings. The van der Waals surface area contributed by atoms with Gasteiger partial charge in [-0.05, 0) is 25.5 Å². The van der Waals surface area contributed by atoms with E-state index in [0.29, 0.717) is 37.9 Å². The molecule has 0 spiro atoms. The molecule has 8 heteroatoms. The third kappa shape index (κ3) is 6.52. The van der Waals surface area contributed by atoms with Crippen molar-refractivity contribution in [3.63, 3.8) is 0 Å². The number of ether oxygens (including phenoxy) is 1. The Labute approximate surface area is 135 Å². The average molecular weight is 321 g/mol. The van der Waals surface area contributed by atoms with E-state index in [2.05, 4.69) is 25.8 Å². The summed E-state index contributed by atoms with van der Waals surface area (Å²) >= 11 is 0. The molecule has 8 nitrogen and oxygen atoms in total.